The molecule has 0 aliphatic carbocycles. The quantitative estimate of drug-likeness (QED) is 0.0567. The average molecular weight is 608 g/mol. The summed E-state index contributed by atoms with van der Waals surface area (Å²) >= 11 is 0. The van der Waals surface area contributed by atoms with E-state index in [4.69, 9.17) is 15.9 Å². The summed E-state index contributed by atoms with van der Waals surface area (Å²) in [5.41, 5.74) is 7.14. The third-order valence-electron chi connectivity index (χ3n) is 6.70. The molecule has 45 heavy (non-hydrogen) atoms. The smallest absolute Gasteiger partial charge is 0.339 e. The Balaban J connectivity index is 1.77. The zero-order chi connectivity index (χ0) is 32.7. The lowest BCUT2D eigenvalue weighted by molar-refractivity contribution is -0.384. The number of carbonyl (C=O) groups is 3. The number of esters is 1. The number of ether oxygens (including phenoxy) is 1. The molecule has 5 N–H and O–H groups in total. The molecule has 0 atom stereocenters. The summed E-state index contributed by atoms with van der Waals surface area (Å²) in [6, 6.07) is 23.4. The lowest BCUT2D eigenvalue weighted by atomic mass is 9.92. The second-order valence-corrected chi connectivity index (χ2v) is 11.5. The maximum absolute atomic E-state index is 13.6. The zero-order valence-corrected chi connectivity index (χ0v) is 25.0. The van der Waals surface area contributed by atoms with Gasteiger partial charge in [-0.3, -0.25) is 25.1 Å². The van der Waals surface area contributed by atoms with Crippen molar-refractivity contribution in [3.63, 3.8) is 0 Å². The van der Waals surface area contributed by atoms with E-state index < -0.39 is 22.7 Å². The molecule has 0 bridgehead atoms. The molecular weight excluding hydrogens is 574 g/mol. The largest absolute Gasteiger partial charge is 0.457 e. The van der Waals surface area contributed by atoms with Gasteiger partial charge in [-0.15, -0.1) is 0 Å². The third kappa shape index (κ3) is 8.38. The summed E-state index contributed by atoms with van der Waals surface area (Å²) in [4.78, 5) is 51.2. The zero-order valence-electron chi connectivity index (χ0n) is 25.0. The van der Waals surface area contributed by atoms with Gasteiger partial charge in [0.05, 0.1) is 16.1 Å². The molecule has 0 unspecified atom stereocenters. The van der Waals surface area contributed by atoms with Crippen molar-refractivity contribution in [2.45, 2.75) is 27.4 Å². The fourth-order valence-corrected chi connectivity index (χ4v) is 4.34. The van der Waals surface area contributed by atoms with Gasteiger partial charge in [0.1, 0.15) is 12.4 Å². The lowest BCUT2D eigenvalue weighted by Crippen LogP contribution is -2.32. The van der Waals surface area contributed by atoms with Crippen molar-refractivity contribution in [3.05, 3.63) is 129 Å². The number of hydrogen-bond acceptors (Lipinski definition) is 7. The van der Waals surface area contributed by atoms with Gasteiger partial charge in [-0.05, 0) is 64.6 Å². The molecule has 230 valence electrons. The number of rotatable bonds is 10. The Morgan fingerprint density at radius 1 is 0.844 bits per heavy atom. The molecule has 2 amide bonds. The van der Waals surface area contributed by atoms with Crippen LogP contribution < -0.4 is 16.4 Å². The van der Waals surface area contributed by atoms with Crippen molar-refractivity contribution in [1.82, 2.24) is 5.32 Å². The highest BCUT2D eigenvalue weighted by molar-refractivity contribution is 6.11. The van der Waals surface area contributed by atoms with Gasteiger partial charge in [-0.1, -0.05) is 57.2 Å². The van der Waals surface area contributed by atoms with Crippen molar-refractivity contribution in [2.24, 2.45) is 11.1 Å². The Labute approximate surface area is 260 Å². The summed E-state index contributed by atoms with van der Waals surface area (Å²) in [6.45, 7) is 6.27. The van der Waals surface area contributed by atoms with Crippen molar-refractivity contribution in [3.8, 4) is 11.1 Å². The topological polar surface area (TPSA) is 178 Å². The molecule has 0 saturated carbocycles. The summed E-state index contributed by atoms with van der Waals surface area (Å²) in [5, 5.41) is 24.8. The number of anilines is 1. The number of nitrogens with two attached hydrogens (primary N) is 1. The number of nitro benzene ring substituents is 1. The molecule has 0 radical (unpaired) electrons. The number of carbonyl (C=O) groups excluding carboxylic acids is 3. The second-order valence-electron chi connectivity index (χ2n) is 11.5. The summed E-state index contributed by atoms with van der Waals surface area (Å²) in [6.07, 6.45) is 0. The molecule has 0 heterocycles. The lowest BCUT2D eigenvalue weighted by Gasteiger charge is -2.19. The predicted octanol–water partition coefficient (Wildman–Crippen LogP) is 5.93. The van der Waals surface area contributed by atoms with Gasteiger partial charge in [-0.25, -0.2) is 4.79 Å². The fourth-order valence-electron chi connectivity index (χ4n) is 4.34. The molecule has 0 aliphatic heterocycles. The van der Waals surface area contributed by atoms with E-state index in [0.29, 0.717) is 17.8 Å². The molecule has 4 aromatic rings. The first-order valence-electron chi connectivity index (χ1n) is 14.0. The van der Waals surface area contributed by atoms with Crippen LogP contribution >= 0.6 is 0 Å². The van der Waals surface area contributed by atoms with E-state index >= 15 is 0 Å². The van der Waals surface area contributed by atoms with Crippen LogP contribution in [0.5, 0.6) is 0 Å². The molecule has 0 fully saturated rings. The average Bonchev–Trinajstić information content (AvgIpc) is 3.02. The van der Waals surface area contributed by atoms with Crippen molar-refractivity contribution >= 4 is 35.0 Å². The normalized spacial score (nSPS) is 10.9. The standard InChI is InChI=1S/C34H33N5O6/c1-34(2,3)20-37-31(40)23-11-15-27(29(17-23)33(42)45-19-21-7-5-4-6-8-21)26-16-14-25(39(43)44)18-28(26)32(41)38-24-12-9-22(10-13-24)30(35)36/h4-18H,19-20H2,1-3H3,(H3,35,36)(H,37,40)(H,38,41). The van der Waals surface area contributed by atoms with E-state index in [-0.39, 0.29) is 51.4 Å². The van der Waals surface area contributed by atoms with E-state index in [0.717, 1.165) is 11.6 Å². The monoisotopic (exact) mass is 607 g/mol. The number of amides is 2. The highest BCUT2D eigenvalue weighted by Crippen LogP contribution is 2.32. The molecule has 0 aromatic heterocycles. The molecular formula is C34H33N5O6. The van der Waals surface area contributed by atoms with Crippen LogP contribution in [0.4, 0.5) is 11.4 Å². The minimum Gasteiger partial charge on any atom is -0.457 e. The predicted molar refractivity (Wildman–Crippen MR) is 171 cm³/mol. The molecule has 4 aromatic carbocycles. The van der Waals surface area contributed by atoms with E-state index in [9.17, 15) is 24.5 Å². The minimum atomic E-state index is -0.746. The van der Waals surface area contributed by atoms with Gasteiger partial charge in [0, 0.05) is 35.5 Å². The maximum atomic E-state index is 13.6. The van der Waals surface area contributed by atoms with E-state index in [1.54, 1.807) is 36.4 Å². The number of nitrogen functional groups attached to an aromatic ring is 1. The van der Waals surface area contributed by atoms with Gasteiger partial charge in [-0.2, -0.15) is 0 Å². The highest BCUT2D eigenvalue weighted by Gasteiger charge is 2.24. The summed E-state index contributed by atoms with van der Waals surface area (Å²) in [5.74, 6) is -1.97. The van der Waals surface area contributed by atoms with Crippen LogP contribution in [0.3, 0.4) is 0 Å². The Morgan fingerprint density at radius 2 is 1.47 bits per heavy atom. The van der Waals surface area contributed by atoms with Crippen LogP contribution in [0.25, 0.3) is 11.1 Å². The van der Waals surface area contributed by atoms with E-state index in [1.165, 1.54) is 30.3 Å². The van der Waals surface area contributed by atoms with Gasteiger partial charge in [0.2, 0.25) is 0 Å². The number of hydrogen-bond donors (Lipinski definition) is 4. The number of non-ortho nitro benzene ring substituents is 1. The Bertz CT molecular complexity index is 1760. The summed E-state index contributed by atoms with van der Waals surface area (Å²) in [7, 11) is 0. The van der Waals surface area contributed by atoms with Gasteiger partial charge in [0.25, 0.3) is 17.5 Å². The van der Waals surface area contributed by atoms with Gasteiger partial charge in [0.15, 0.2) is 0 Å². The molecule has 11 nitrogen and oxygen atoms in total. The number of nitrogens with one attached hydrogen (secondary N) is 3. The first-order valence-corrected chi connectivity index (χ1v) is 14.0. The number of benzene rings is 4. The van der Waals surface area contributed by atoms with Gasteiger partial charge >= 0.3 is 5.97 Å². The Hall–Kier alpha value is -5.84. The van der Waals surface area contributed by atoms with E-state index in [1.807, 2.05) is 39.0 Å². The third-order valence-corrected chi connectivity index (χ3v) is 6.70. The van der Waals surface area contributed by atoms with Crippen LogP contribution in [0.1, 0.15) is 63.0 Å². The van der Waals surface area contributed by atoms with Crippen LogP contribution in [-0.4, -0.2) is 35.1 Å². The van der Waals surface area contributed by atoms with E-state index in [2.05, 4.69) is 10.6 Å². The van der Waals surface area contributed by atoms with Crippen LogP contribution in [0.2, 0.25) is 0 Å². The van der Waals surface area contributed by atoms with Crippen molar-refractivity contribution in [2.75, 3.05) is 11.9 Å². The number of nitrogens with zero attached hydrogens (tertiary/aromatic N) is 1. The van der Waals surface area contributed by atoms with Crippen molar-refractivity contribution < 1.29 is 24.0 Å². The number of nitro groups is 1. The van der Waals surface area contributed by atoms with Crippen LogP contribution in [0, 0.1) is 20.9 Å². The fraction of sp³-hybridized carbons (Fsp3) is 0.176. The highest BCUT2D eigenvalue weighted by atomic mass is 16.6. The van der Waals surface area contributed by atoms with Crippen LogP contribution in [0.15, 0.2) is 91.0 Å². The molecule has 11 heteroatoms. The number of amidine groups is 1. The first kappa shape index (κ1) is 32.1. The second kappa shape index (κ2) is 13.6. The maximum Gasteiger partial charge on any atom is 0.339 e. The summed E-state index contributed by atoms with van der Waals surface area (Å²) < 4.78 is 5.61. The molecule has 4 rings (SSSR count). The van der Waals surface area contributed by atoms with Crippen molar-refractivity contribution in [1.29, 1.82) is 5.41 Å². The SMILES string of the molecule is CC(C)(C)CNC(=O)c1ccc(-c2ccc([N+](=O)[O-])cc2C(=O)Nc2ccc(C(=N)N)cc2)c(C(=O)OCc2ccccc2)c1. The minimum absolute atomic E-state index is 0.00283. The van der Waals surface area contributed by atoms with Gasteiger partial charge < -0.3 is 21.1 Å². The molecule has 0 saturated heterocycles. The first-order chi connectivity index (χ1) is 21.3. The molecule has 0 aliphatic rings. The Kier molecular flexibility index (Phi) is 9.72. The molecule has 0 spiro atoms. The Morgan fingerprint density at radius 3 is 2.09 bits per heavy atom. The van der Waals surface area contributed by atoms with Crippen LogP contribution in [-0.2, 0) is 11.3 Å².